The molecule has 0 radical (unpaired) electrons. The van der Waals surface area contributed by atoms with Crippen LogP contribution >= 0.6 is 22.9 Å². The van der Waals surface area contributed by atoms with E-state index in [1.807, 2.05) is 27.7 Å². The van der Waals surface area contributed by atoms with Crippen molar-refractivity contribution in [2.45, 2.75) is 46.6 Å². The number of aliphatic hydroxyl groups is 1. The first-order valence-corrected chi connectivity index (χ1v) is 8.56. The zero-order valence-corrected chi connectivity index (χ0v) is 15.1. The second-order valence-corrected chi connectivity index (χ2v) is 8.20. The number of thiophene rings is 1. The summed E-state index contributed by atoms with van der Waals surface area (Å²) in [6.07, 6.45) is -0.194. The van der Waals surface area contributed by atoms with Crippen molar-refractivity contribution in [3.8, 4) is 0 Å². The van der Waals surface area contributed by atoms with Gasteiger partial charge in [-0.2, -0.15) is 0 Å². The van der Waals surface area contributed by atoms with Crippen LogP contribution in [0.1, 0.15) is 50.2 Å². The molecule has 1 aromatic heterocycles. The van der Waals surface area contributed by atoms with Gasteiger partial charge in [-0.25, -0.2) is 0 Å². The molecule has 0 aliphatic heterocycles. The first kappa shape index (κ1) is 19.1. The Hall–Kier alpha value is -0.910. The summed E-state index contributed by atoms with van der Waals surface area (Å²) >= 11 is 7.01. The van der Waals surface area contributed by atoms with Gasteiger partial charge in [0.1, 0.15) is 0 Å². The van der Waals surface area contributed by atoms with E-state index < -0.39 is 11.5 Å². The molecule has 1 aromatic rings. The van der Waals surface area contributed by atoms with Crippen LogP contribution in [-0.4, -0.2) is 29.4 Å². The van der Waals surface area contributed by atoms with E-state index in [1.165, 1.54) is 11.3 Å². The highest BCUT2D eigenvalue weighted by Crippen LogP contribution is 2.25. The number of rotatable bonds is 8. The summed E-state index contributed by atoms with van der Waals surface area (Å²) in [6, 6.07) is 3.35. The number of carbonyl (C=O) groups excluding carboxylic acids is 2. The highest BCUT2D eigenvalue weighted by molar-refractivity contribution is 7.18. The monoisotopic (exact) mass is 345 g/mol. The van der Waals surface area contributed by atoms with E-state index in [0.717, 1.165) is 0 Å². The van der Waals surface area contributed by atoms with Gasteiger partial charge in [-0.3, -0.25) is 9.59 Å². The molecular weight excluding hydrogens is 322 g/mol. The van der Waals surface area contributed by atoms with E-state index in [2.05, 4.69) is 5.32 Å². The number of ketones is 1. The molecule has 0 fully saturated rings. The van der Waals surface area contributed by atoms with Gasteiger partial charge in [0, 0.05) is 24.8 Å². The fraction of sp³-hybridized carbons (Fsp3) is 0.625. The number of aliphatic hydroxyl groups excluding tert-OH is 1. The molecule has 2 N–H and O–H groups in total. The van der Waals surface area contributed by atoms with Crippen LogP contribution in [0.4, 0.5) is 0 Å². The minimum atomic E-state index is -0.498. The van der Waals surface area contributed by atoms with E-state index in [1.54, 1.807) is 12.1 Å². The molecular formula is C16H24ClNO3S. The van der Waals surface area contributed by atoms with E-state index in [0.29, 0.717) is 15.8 Å². The maximum absolute atomic E-state index is 11.9. The van der Waals surface area contributed by atoms with E-state index >= 15 is 0 Å². The third-order valence-electron chi connectivity index (χ3n) is 3.60. The summed E-state index contributed by atoms with van der Waals surface area (Å²) in [6.45, 7) is 8.09. The molecule has 0 saturated carbocycles. The molecule has 1 rings (SSSR count). The van der Waals surface area contributed by atoms with Crippen LogP contribution in [-0.2, 0) is 4.79 Å². The first-order chi connectivity index (χ1) is 10.1. The van der Waals surface area contributed by atoms with Gasteiger partial charge in [-0.05, 0) is 18.1 Å². The Morgan fingerprint density at radius 2 is 1.95 bits per heavy atom. The summed E-state index contributed by atoms with van der Waals surface area (Å²) in [5.74, 6) is -0.134. The van der Waals surface area contributed by atoms with Crippen LogP contribution in [0.5, 0.6) is 0 Å². The van der Waals surface area contributed by atoms with E-state index in [4.69, 9.17) is 11.6 Å². The largest absolute Gasteiger partial charge is 0.392 e. The summed E-state index contributed by atoms with van der Waals surface area (Å²) in [7, 11) is 0. The van der Waals surface area contributed by atoms with Gasteiger partial charge in [0.05, 0.1) is 15.3 Å². The molecule has 6 heteroatoms. The molecule has 0 aliphatic rings. The maximum Gasteiger partial charge on any atom is 0.220 e. The van der Waals surface area contributed by atoms with Gasteiger partial charge in [0.2, 0.25) is 5.91 Å². The van der Waals surface area contributed by atoms with Crippen molar-refractivity contribution in [3.05, 3.63) is 21.3 Å². The van der Waals surface area contributed by atoms with Crippen LogP contribution in [0.15, 0.2) is 12.1 Å². The predicted octanol–water partition coefficient (Wildman–Crippen LogP) is 3.52. The Morgan fingerprint density at radius 3 is 2.45 bits per heavy atom. The lowest BCUT2D eigenvalue weighted by molar-refractivity contribution is -0.122. The number of amides is 1. The van der Waals surface area contributed by atoms with Gasteiger partial charge in [-0.1, -0.05) is 39.3 Å². The molecule has 0 aliphatic carbocycles. The van der Waals surface area contributed by atoms with Crippen molar-refractivity contribution >= 4 is 34.6 Å². The van der Waals surface area contributed by atoms with Gasteiger partial charge in [-0.15, -0.1) is 11.3 Å². The number of hydrogen-bond acceptors (Lipinski definition) is 4. The Kier molecular flexibility index (Phi) is 7.03. The summed E-state index contributed by atoms with van der Waals surface area (Å²) in [4.78, 5) is 24.3. The molecule has 124 valence electrons. The SMILES string of the molecule is CC(C)C(O)C(C)(C)CNC(=O)CCC(=O)c1ccc(Cl)s1. The first-order valence-electron chi connectivity index (χ1n) is 7.37. The summed E-state index contributed by atoms with van der Waals surface area (Å²) in [5.41, 5.74) is -0.408. The Balaban J connectivity index is 2.39. The van der Waals surface area contributed by atoms with E-state index in [-0.39, 0.29) is 30.4 Å². The number of nitrogens with one attached hydrogen (secondary N) is 1. The topological polar surface area (TPSA) is 66.4 Å². The normalized spacial score (nSPS) is 13.2. The third kappa shape index (κ3) is 5.71. The molecule has 1 amide bonds. The average Bonchev–Trinajstić information content (AvgIpc) is 2.88. The van der Waals surface area contributed by atoms with Crippen molar-refractivity contribution in [1.29, 1.82) is 0 Å². The highest BCUT2D eigenvalue weighted by Gasteiger charge is 2.30. The van der Waals surface area contributed by atoms with Crippen molar-refractivity contribution in [1.82, 2.24) is 5.32 Å². The van der Waals surface area contributed by atoms with Gasteiger partial charge >= 0.3 is 0 Å². The molecule has 22 heavy (non-hydrogen) atoms. The standard InChI is InChI=1S/C16H24ClNO3S/c1-10(2)15(21)16(3,4)9-18-14(20)8-5-11(19)12-6-7-13(17)22-12/h6-7,10,15,21H,5,8-9H2,1-4H3,(H,18,20). The molecule has 0 spiro atoms. The molecule has 0 aromatic carbocycles. The molecule has 1 heterocycles. The van der Waals surface area contributed by atoms with Crippen molar-refractivity contribution in [2.24, 2.45) is 11.3 Å². The maximum atomic E-state index is 11.9. The third-order valence-corrected chi connectivity index (χ3v) is 4.87. The lowest BCUT2D eigenvalue weighted by Crippen LogP contribution is -2.43. The van der Waals surface area contributed by atoms with Crippen LogP contribution in [0, 0.1) is 11.3 Å². The van der Waals surface area contributed by atoms with Crippen molar-refractivity contribution < 1.29 is 14.7 Å². The molecule has 1 unspecified atom stereocenters. The average molecular weight is 346 g/mol. The Labute approximate surface area is 140 Å². The lowest BCUT2D eigenvalue weighted by Gasteiger charge is -2.33. The predicted molar refractivity (Wildman–Crippen MR) is 90.5 cm³/mol. The number of halogens is 1. The van der Waals surface area contributed by atoms with Gasteiger partial charge in [0.25, 0.3) is 0 Å². The van der Waals surface area contributed by atoms with Crippen molar-refractivity contribution in [2.75, 3.05) is 6.54 Å². The van der Waals surface area contributed by atoms with Crippen LogP contribution in [0.2, 0.25) is 4.34 Å². The number of carbonyl (C=O) groups is 2. The number of hydrogen-bond donors (Lipinski definition) is 2. The number of Topliss-reactive ketones (excluding diaryl/α,β-unsaturated/α-hetero) is 1. The zero-order valence-electron chi connectivity index (χ0n) is 13.5. The fourth-order valence-electron chi connectivity index (χ4n) is 2.24. The summed E-state index contributed by atoms with van der Waals surface area (Å²) < 4.78 is 0.567. The Bertz CT molecular complexity index is 525. The summed E-state index contributed by atoms with van der Waals surface area (Å²) in [5, 5.41) is 12.9. The van der Waals surface area contributed by atoms with Gasteiger partial charge < -0.3 is 10.4 Å². The van der Waals surface area contributed by atoms with Gasteiger partial charge in [0.15, 0.2) is 5.78 Å². The molecule has 1 atom stereocenters. The zero-order chi connectivity index (χ0) is 16.9. The van der Waals surface area contributed by atoms with Crippen molar-refractivity contribution in [3.63, 3.8) is 0 Å². The van der Waals surface area contributed by atoms with Crippen LogP contribution in [0.3, 0.4) is 0 Å². The smallest absolute Gasteiger partial charge is 0.220 e. The second kappa shape index (κ2) is 8.09. The van der Waals surface area contributed by atoms with Crippen LogP contribution in [0.25, 0.3) is 0 Å². The molecule has 4 nitrogen and oxygen atoms in total. The minimum Gasteiger partial charge on any atom is -0.392 e. The Morgan fingerprint density at radius 1 is 1.32 bits per heavy atom. The van der Waals surface area contributed by atoms with E-state index in [9.17, 15) is 14.7 Å². The second-order valence-electron chi connectivity index (χ2n) is 6.48. The quantitative estimate of drug-likeness (QED) is 0.708. The molecule has 0 saturated heterocycles. The fourth-order valence-corrected chi connectivity index (χ4v) is 3.25. The minimum absolute atomic E-state index is 0.0754. The highest BCUT2D eigenvalue weighted by atomic mass is 35.5. The molecule has 0 bridgehead atoms. The lowest BCUT2D eigenvalue weighted by atomic mass is 9.80. The van der Waals surface area contributed by atoms with Crippen LogP contribution < -0.4 is 5.32 Å².